The van der Waals surface area contributed by atoms with Gasteiger partial charge in [-0.1, -0.05) is 12.2 Å². The Hall–Kier alpha value is -1.68. The quantitative estimate of drug-likeness (QED) is 0.816. The molecule has 0 radical (unpaired) electrons. The predicted molar refractivity (Wildman–Crippen MR) is 55.2 cm³/mol. The topological polar surface area (TPSA) is 47.9 Å². The minimum atomic E-state index is 0.0107. The third-order valence-corrected chi connectivity index (χ3v) is 2.10. The normalized spacial score (nSPS) is 13.5. The van der Waals surface area contributed by atoms with Gasteiger partial charge in [-0.25, -0.2) is 0 Å². The van der Waals surface area contributed by atoms with E-state index in [9.17, 15) is 0 Å². The monoisotopic (exact) mass is 208 g/mol. The lowest BCUT2D eigenvalue weighted by molar-refractivity contribution is 0.171. The summed E-state index contributed by atoms with van der Waals surface area (Å²) in [7, 11) is 1.58. The van der Waals surface area contributed by atoms with Crippen molar-refractivity contribution in [3.05, 3.63) is 23.8 Å². The standard InChI is InChI=1S/C11H12O4/c1-13-9-5-8(3-2-4-12)6-10-11(9)15-7-14-10/h2-3,5-6,12H,4,7H2,1H3/b3-2-. The maximum Gasteiger partial charge on any atom is 0.231 e. The average Bonchev–Trinajstić information content (AvgIpc) is 2.73. The highest BCUT2D eigenvalue weighted by Crippen LogP contribution is 2.41. The van der Waals surface area contributed by atoms with Crippen molar-refractivity contribution in [2.45, 2.75) is 0 Å². The molecule has 0 fully saturated rings. The molecule has 0 aromatic heterocycles. The number of aliphatic hydroxyl groups excluding tert-OH is 1. The second-order valence-electron chi connectivity index (χ2n) is 3.04. The van der Waals surface area contributed by atoms with Crippen LogP contribution in [0.25, 0.3) is 6.08 Å². The highest BCUT2D eigenvalue weighted by atomic mass is 16.7. The highest BCUT2D eigenvalue weighted by Gasteiger charge is 2.19. The number of hydrogen-bond acceptors (Lipinski definition) is 4. The van der Waals surface area contributed by atoms with Gasteiger partial charge in [0.2, 0.25) is 12.5 Å². The Kier molecular flexibility index (Phi) is 2.78. The van der Waals surface area contributed by atoms with Crippen LogP contribution in [0.5, 0.6) is 17.2 Å². The van der Waals surface area contributed by atoms with E-state index in [0.29, 0.717) is 17.2 Å². The van der Waals surface area contributed by atoms with Gasteiger partial charge in [0.15, 0.2) is 11.5 Å². The van der Waals surface area contributed by atoms with Crippen molar-refractivity contribution < 1.29 is 19.3 Å². The second kappa shape index (κ2) is 4.23. The van der Waals surface area contributed by atoms with Gasteiger partial charge in [-0.2, -0.15) is 0 Å². The molecular weight excluding hydrogens is 196 g/mol. The van der Waals surface area contributed by atoms with Crippen LogP contribution in [-0.2, 0) is 0 Å². The lowest BCUT2D eigenvalue weighted by Gasteiger charge is -2.05. The molecule has 0 amide bonds. The zero-order chi connectivity index (χ0) is 10.7. The van der Waals surface area contributed by atoms with E-state index in [0.717, 1.165) is 5.56 Å². The number of fused-ring (bicyclic) bond motifs is 1. The second-order valence-corrected chi connectivity index (χ2v) is 3.04. The zero-order valence-electron chi connectivity index (χ0n) is 8.40. The van der Waals surface area contributed by atoms with Gasteiger partial charge in [0.1, 0.15) is 0 Å². The van der Waals surface area contributed by atoms with Crippen molar-refractivity contribution in [3.8, 4) is 17.2 Å². The maximum absolute atomic E-state index is 8.67. The lowest BCUT2D eigenvalue weighted by Crippen LogP contribution is -1.93. The first kappa shape index (κ1) is 9.86. The Labute approximate surface area is 87.7 Å². The molecule has 15 heavy (non-hydrogen) atoms. The van der Waals surface area contributed by atoms with Gasteiger partial charge in [-0.3, -0.25) is 0 Å². The molecular formula is C11H12O4. The molecule has 4 heteroatoms. The van der Waals surface area contributed by atoms with Gasteiger partial charge < -0.3 is 19.3 Å². The van der Waals surface area contributed by atoms with E-state index in [4.69, 9.17) is 19.3 Å². The van der Waals surface area contributed by atoms with Crippen LogP contribution in [0.3, 0.4) is 0 Å². The predicted octanol–water partition coefficient (Wildman–Crippen LogP) is 1.43. The molecule has 0 unspecified atom stereocenters. The van der Waals surface area contributed by atoms with E-state index in [1.807, 2.05) is 12.1 Å². The number of ether oxygens (including phenoxy) is 3. The largest absolute Gasteiger partial charge is 0.493 e. The van der Waals surface area contributed by atoms with Crippen LogP contribution in [0.2, 0.25) is 0 Å². The van der Waals surface area contributed by atoms with Crippen LogP contribution in [-0.4, -0.2) is 25.6 Å². The van der Waals surface area contributed by atoms with Crippen molar-refractivity contribution in [3.63, 3.8) is 0 Å². The van der Waals surface area contributed by atoms with Crippen LogP contribution in [0.15, 0.2) is 18.2 Å². The summed E-state index contributed by atoms with van der Waals surface area (Å²) >= 11 is 0. The minimum Gasteiger partial charge on any atom is -0.493 e. The van der Waals surface area contributed by atoms with E-state index in [2.05, 4.69) is 0 Å². The van der Waals surface area contributed by atoms with E-state index in [1.54, 1.807) is 19.3 Å². The molecule has 0 aliphatic carbocycles. The molecule has 1 aromatic rings. The molecule has 0 atom stereocenters. The zero-order valence-corrected chi connectivity index (χ0v) is 8.40. The van der Waals surface area contributed by atoms with Crippen molar-refractivity contribution in [1.82, 2.24) is 0 Å². The minimum absolute atomic E-state index is 0.0107. The SMILES string of the molecule is COc1cc(/C=C\CO)cc2c1OCO2. The molecule has 2 rings (SSSR count). The molecule has 0 bridgehead atoms. The molecule has 0 spiro atoms. The lowest BCUT2D eigenvalue weighted by atomic mass is 10.1. The summed E-state index contributed by atoms with van der Waals surface area (Å²) in [5, 5.41) is 8.67. The first-order chi connectivity index (χ1) is 7.35. The van der Waals surface area contributed by atoms with Gasteiger partial charge >= 0.3 is 0 Å². The molecule has 0 saturated carbocycles. The molecule has 1 aliphatic heterocycles. The fraction of sp³-hybridized carbons (Fsp3) is 0.273. The van der Waals surface area contributed by atoms with Crippen molar-refractivity contribution in [1.29, 1.82) is 0 Å². The van der Waals surface area contributed by atoms with Gasteiger partial charge in [0.25, 0.3) is 0 Å². The van der Waals surface area contributed by atoms with Crippen LogP contribution in [0, 0.1) is 0 Å². The fourth-order valence-corrected chi connectivity index (χ4v) is 1.43. The fourth-order valence-electron chi connectivity index (χ4n) is 1.43. The van der Waals surface area contributed by atoms with Crippen molar-refractivity contribution in [2.24, 2.45) is 0 Å². The first-order valence-corrected chi connectivity index (χ1v) is 4.60. The Morgan fingerprint density at radius 3 is 3.07 bits per heavy atom. The van der Waals surface area contributed by atoms with Gasteiger partial charge in [0.05, 0.1) is 13.7 Å². The van der Waals surface area contributed by atoms with Gasteiger partial charge in [-0.15, -0.1) is 0 Å². The molecule has 4 nitrogen and oxygen atoms in total. The molecule has 1 aliphatic rings. The number of hydrogen-bond donors (Lipinski definition) is 1. The van der Waals surface area contributed by atoms with E-state index < -0.39 is 0 Å². The third kappa shape index (κ3) is 1.89. The van der Waals surface area contributed by atoms with Crippen LogP contribution in [0.1, 0.15) is 5.56 Å². The van der Waals surface area contributed by atoms with Crippen LogP contribution >= 0.6 is 0 Å². The molecule has 0 saturated heterocycles. The number of rotatable bonds is 3. The van der Waals surface area contributed by atoms with Crippen molar-refractivity contribution >= 4 is 6.08 Å². The summed E-state index contributed by atoms with van der Waals surface area (Å²) in [6.07, 6.45) is 3.45. The highest BCUT2D eigenvalue weighted by molar-refractivity contribution is 5.62. The molecule has 1 aromatic carbocycles. The third-order valence-electron chi connectivity index (χ3n) is 2.10. The molecule has 1 heterocycles. The first-order valence-electron chi connectivity index (χ1n) is 4.60. The Morgan fingerprint density at radius 1 is 1.47 bits per heavy atom. The van der Waals surface area contributed by atoms with E-state index in [1.165, 1.54) is 0 Å². The summed E-state index contributed by atoms with van der Waals surface area (Å²) in [4.78, 5) is 0. The van der Waals surface area contributed by atoms with Gasteiger partial charge in [0, 0.05) is 0 Å². The maximum atomic E-state index is 8.67. The van der Waals surface area contributed by atoms with E-state index in [-0.39, 0.29) is 13.4 Å². The van der Waals surface area contributed by atoms with E-state index >= 15 is 0 Å². The number of aliphatic hydroxyl groups is 1. The summed E-state index contributed by atoms with van der Waals surface area (Å²) in [5.41, 5.74) is 0.908. The van der Waals surface area contributed by atoms with Crippen LogP contribution < -0.4 is 14.2 Å². The van der Waals surface area contributed by atoms with Gasteiger partial charge in [-0.05, 0) is 17.7 Å². The molecule has 80 valence electrons. The summed E-state index contributed by atoms with van der Waals surface area (Å²) < 4.78 is 15.7. The Morgan fingerprint density at radius 2 is 2.33 bits per heavy atom. The van der Waals surface area contributed by atoms with Crippen molar-refractivity contribution in [2.75, 3.05) is 20.5 Å². The number of benzene rings is 1. The Bertz CT molecular complexity index is 384. The summed E-state index contributed by atoms with van der Waals surface area (Å²) in [6, 6.07) is 3.68. The summed E-state index contributed by atoms with van der Waals surface area (Å²) in [5.74, 6) is 1.95. The average molecular weight is 208 g/mol. The number of methoxy groups -OCH3 is 1. The summed E-state index contributed by atoms with van der Waals surface area (Å²) in [6.45, 7) is 0.232. The Balaban J connectivity index is 2.39. The van der Waals surface area contributed by atoms with Crippen LogP contribution in [0.4, 0.5) is 0 Å². The molecule has 1 N–H and O–H groups in total. The smallest absolute Gasteiger partial charge is 0.231 e.